The number of carbonyl (C=O) groups excluding carboxylic acids is 2. The Labute approximate surface area is 170 Å². The molecule has 152 valence electrons. The highest BCUT2D eigenvalue weighted by Crippen LogP contribution is 2.42. The second-order valence-electron chi connectivity index (χ2n) is 7.82. The number of hydrogen-bond acceptors (Lipinski definition) is 5. The summed E-state index contributed by atoms with van der Waals surface area (Å²) in [5.41, 5.74) is 1.01. The number of aromatic nitrogens is 1. The van der Waals surface area contributed by atoms with Crippen LogP contribution >= 0.6 is 0 Å². The summed E-state index contributed by atoms with van der Waals surface area (Å²) in [5.74, 6) is 0.625. The van der Waals surface area contributed by atoms with Gasteiger partial charge in [0, 0.05) is 34.2 Å². The Hall–Kier alpha value is -2.93. The smallest absolute Gasteiger partial charge is 0.272 e. The molecule has 0 bridgehead atoms. The molecule has 2 aliphatic heterocycles. The van der Waals surface area contributed by atoms with Gasteiger partial charge in [0.05, 0.1) is 5.54 Å². The van der Waals surface area contributed by atoms with Crippen LogP contribution in [-0.4, -0.2) is 73.5 Å². The molecule has 2 saturated heterocycles. The maximum absolute atomic E-state index is 12.5. The number of morpholine rings is 1. The van der Waals surface area contributed by atoms with Gasteiger partial charge < -0.3 is 19.4 Å². The maximum atomic E-state index is 12.5. The summed E-state index contributed by atoms with van der Waals surface area (Å²) in [6.07, 6.45) is 0.536. The van der Waals surface area contributed by atoms with Crippen molar-refractivity contribution in [2.45, 2.75) is 18.1 Å². The molecule has 1 aromatic heterocycles. The van der Waals surface area contributed by atoms with Gasteiger partial charge in [-0.15, -0.1) is 0 Å². The van der Waals surface area contributed by atoms with Crippen LogP contribution in [0, 0.1) is 0 Å². The number of fused-ring (bicyclic) bond motifs is 1. The van der Waals surface area contributed by atoms with Gasteiger partial charge in [0.25, 0.3) is 5.91 Å². The van der Waals surface area contributed by atoms with E-state index in [0.29, 0.717) is 18.8 Å². The monoisotopic (exact) mass is 394 g/mol. The minimum Gasteiger partial charge on any atom is -0.364 e. The SMILES string of the molecule is CN(C)C(=O)c1cccc(N2CC[C@]3(c4ccccc4)[C@@H](C2)OCC(=O)N3C)n1. The van der Waals surface area contributed by atoms with Crippen LogP contribution in [0.1, 0.15) is 22.5 Å². The van der Waals surface area contributed by atoms with E-state index in [1.54, 1.807) is 20.2 Å². The summed E-state index contributed by atoms with van der Waals surface area (Å²) < 4.78 is 6.05. The van der Waals surface area contributed by atoms with Crippen molar-refractivity contribution in [1.29, 1.82) is 0 Å². The number of carbonyl (C=O) groups is 2. The van der Waals surface area contributed by atoms with E-state index >= 15 is 0 Å². The molecular formula is C22H26N4O3. The second kappa shape index (κ2) is 7.48. The number of rotatable bonds is 3. The average Bonchev–Trinajstić information content (AvgIpc) is 2.76. The Morgan fingerprint density at radius 1 is 1.17 bits per heavy atom. The van der Waals surface area contributed by atoms with Gasteiger partial charge in [0.15, 0.2) is 0 Å². The first-order valence-corrected chi connectivity index (χ1v) is 9.81. The van der Waals surface area contributed by atoms with E-state index in [0.717, 1.165) is 17.8 Å². The quantitative estimate of drug-likeness (QED) is 0.794. The molecule has 29 heavy (non-hydrogen) atoms. The zero-order valence-electron chi connectivity index (χ0n) is 17.0. The molecule has 2 atom stereocenters. The molecular weight excluding hydrogens is 368 g/mol. The fraction of sp³-hybridized carbons (Fsp3) is 0.409. The van der Waals surface area contributed by atoms with E-state index in [4.69, 9.17) is 4.74 Å². The lowest BCUT2D eigenvalue weighted by Crippen LogP contribution is -2.67. The molecule has 0 aliphatic carbocycles. The third-order valence-corrected chi connectivity index (χ3v) is 6.02. The van der Waals surface area contributed by atoms with E-state index < -0.39 is 5.54 Å². The predicted molar refractivity (Wildman–Crippen MR) is 110 cm³/mol. The fourth-order valence-corrected chi connectivity index (χ4v) is 4.38. The Bertz CT molecular complexity index is 917. The minimum absolute atomic E-state index is 0.00439. The number of piperidine rings is 1. The first-order chi connectivity index (χ1) is 13.9. The number of hydrogen-bond donors (Lipinski definition) is 0. The van der Waals surface area contributed by atoms with E-state index in [2.05, 4.69) is 22.0 Å². The number of ether oxygens (including phenoxy) is 1. The van der Waals surface area contributed by atoms with Crippen LogP contribution in [0.2, 0.25) is 0 Å². The molecule has 7 nitrogen and oxygen atoms in total. The van der Waals surface area contributed by atoms with Crippen LogP contribution in [0.3, 0.4) is 0 Å². The molecule has 3 heterocycles. The van der Waals surface area contributed by atoms with Crippen molar-refractivity contribution < 1.29 is 14.3 Å². The van der Waals surface area contributed by atoms with E-state index in [1.165, 1.54) is 4.90 Å². The number of benzene rings is 1. The summed E-state index contributed by atoms with van der Waals surface area (Å²) in [6.45, 7) is 1.38. The summed E-state index contributed by atoms with van der Waals surface area (Å²) in [6, 6.07) is 15.6. The molecule has 0 spiro atoms. The molecule has 2 amide bonds. The van der Waals surface area contributed by atoms with Crippen molar-refractivity contribution in [2.24, 2.45) is 0 Å². The van der Waals surface area contributed by atoms with Crippen LogP contribution in [0.15, 0.2) is 48.5 Å². The summed E-state index contributed by atoms with van der Waals surface area (Å²) in [4.78, 5) is 34.9. The highest BCUT2D eigenvalue weighted by molar-refractivity contribution is 5.92. The van der Waals surface area contributed by atoms with Gasteiger partial charge in [0.2, 0.25) is 5.91 Å². The Balaban J connectivity index is 1.65. The summed E-state index contributed by atoms with van der Waals surface area (Å²) in [7, 11) is 5.30. The maximum Gasteiger partial charge on any atom is 0.272 e. The molecule has 7 heteroatoms. The zero-order chi connectivity index (χ0) is 20.6. The molecule has 1 aromatic carbocycles. The number of nitrogens with zero attached hydrogens (tertiary/aromatic N) is 4. The Morgan fingerprint density at radius 3 is 2.66 bits per heavy atom. The second-order valence-corrected chi connectivity index (χ2v) is 7.82. The summed E-state index contributed by atoms with van der Waals surface area (Å²) >= 11 is 0. The molecule has 0 saturated carbocycles. The number of likely N-dealkylation sites (N-methyl/N-ethyl adjacent to an activating group) is 1. The minimum atomic E-state index is -0.496. The van der Waals surface area contributed by atoms with Crippen LogP contribution in [-0.2, 0) is 15.1 Å². The Kier molecular flexibility index (Phi) is 5.00. The van der Waals surface area contributed by atoms with Gasteiger partial charge in [0.1, 0.15) is 24.2 Å². The van der Waals surface area contributed by atoms with Crippen LogP contribution < -0.4 is 4.90 Å². The van der Waals surface area contributed by atoms with E-state index in [-0.39, 0.29) is 24.5 Å². The molecule has 2 fully saturated rings. The van der Waals surface area contributed by atoms with Crippen molar-refractivity contribution in [3.05, 3.63) is 59.8 Å². The van der Waals surface area contributed by atoms with Crippen LogP contribution in [0.4, 0.5) is 5.82 Å². The number of amides is 2. The van der Waals surface area contributed by atoms with Crippen molar-refractivity contribution >= 4 is 17.6 Å². The van der Waals surface area contributed by atoms with Gasteiger partial charge in [-0.25, -0.2) is 4.98 Å². The molecule has 4 rings (SSSR count). The largest absolute Gasteiger partial charge is 0.364 e. The van der Waals surface area contributed by atoms with Gasteiger partial charge in [-0.05, 0) is 24.1 Å². The lowest BCUT2D eigenvalue weighted by Gasteiger charge is -2.55. The molecule has 0 radical (unpaired) electrons. The molecule has 2 aromatic rings. The molecule has 2 aliphatic rings. The third kappa shape index (κ3) is 3.25. The van der Waals surface area contributed by atoms with Gasteiger partial charge in [-0.3, -0.25) is 9.59 Å². The molecule has 0 N–H and O–H groups in total. The lowest BCUT2D eigenvalue weighted by atomic mass is 9.76. The first-order valence-electron chi connectivity index (χ1n) is 9.81. The molecule has 0 unspecified atom stereocenters. The fourth-order valence-electron chi connectivity index (χ4n) is 4.38. The highest BCUT2D eigenvalue weighted by atomic mass is 16.5. The van der Waals surface area contributed by atoms with Crippen LogP contribution in [0.25, 0.3) is 0 Å². The van der Waals surface area contributed by atoms with Gasteiger partial charge in [-0.2, -0.15) is 0 Å². The Morgan fingerprint density at radius 2 is 1.93 bits per heavy atom. The standard InChI is InChI=1S/C22H26N4O3/c1-24(2)21(28)17-10-7-11-19(23-17)26-13-12-22(16-8-5-4-6-9-16)18(14-26)29-15-20(27)25(22)3/h4-11,18H,12-15H2,1-3H3/t18-,22+/m1/s1. The number of pyridine rings is 1. The lowest BCUT2D eigenvalue weighted by molar-refractivity contribution is -0.173. The summed E-state index contributed by atoms with van der Waals surface area (Å²) in [5, 5.41) is 0. The normalized spacial score (nSPS) is 24.2. The highest BCUT2D eigenvalue weighted by Gasteiger charge is 2.52. The first kappa shape index (κ1) is 19.4. The van der Waals surface area contributed by atoms with Gasteiger partial charge >= 0.3 is 0 Å². The van der Waals surface area contributed by atoms with Crippen molar-refractivity contribution in [2.75, 3.05) is 45.7 Å². The van der Waals surface area contributed by atoms with Crippen LogP contribution in [0.5, 0.6) is 0 Å². The predicted octanol–water partition coefficient (Wildman–Crippen LogP) is 1.75. The van der Waals surface area contributed by atoms with Crippen molar-refractivity contribution in [3.63, 3.8) is 0 Å². The zero-order valence-corrected chi connectivity index (χ0v) is 17.0. The average molecular weight is 394 g/mol. The number of anilines is 1. The topological polar surface area (TPSA) is 66.0 Å². The van der Waals surface area contributed by atoms with Crippen molar-refractivity contribution in [1.82, 2.24) is 14.8 Å². The third-order valence-electron chi connectivity index (χ3n) is 6.02. The van der Waals surface area contributed by atoms with Gasteiger partial charge in [-0.1, -0.05) is 36.4 Å². The van der Waals surface area contributed by atoms with E-state index in [1.807, 2.05) is 42.3 Å². The van der Waals surface area contributed by atoms with Crippen molar-refractivity contribution in [3.8, 4) is 0 Å². The van der Waals surface area contributed by atoms with E-state index in [9.17, 15) is 9.59 Å².